The first-order valence-corrected chi connectivity index (χ1v) is 12.2. The zero-order valence-electron chi connectivity index (χ0n) is 15.3. The number of amides is 1. The van der Waals surface area contributed by atoms with Gasteiger partial charge in [-0.3, -0.25) is 4.79 Å². The lowest BCUT2D eigenvalue weighted by Gasteiger charge is -2.36. The summed E-state index contributed by atoms with van der Waals surface area (Å²) in [6.45, 7) is 0.280. The molecule has 0 bridgehead atoms. The Bertz CT molecular complexity index is 872. The van der Waals surface area contributed by atoms with E-state index in [1.54, 1.807) is 4.90 Å². The van der Waals surface area contributed by atoms with Crippen LogP contribution in [-0.4, -0.2) is 70.9 Å². The van der Waals surface area contributed by atoms with Crippen molar-refractivity contribution >= 4 is 37.6 Å². The Kier molecular flexibility index (Phi) is 7.26. The lowest BCUT2D eigenvalue weighted by Crippen LogP contribution is -2.52. The second kappa shape index (κ2) is 8.87. The normalized spacial score (nSPS) is 18.7. The number of piperidine rings is 1. The molecule has 0 radical (unpaired) electrons. The topological polar surface area (TPSA) is 104 Å². The van der Waals surface area contributed by atoms with Crippen LogP contribution in [0.2, 0.25) is 5.02 Å². The monoisotopic (exact) mass is 437 g/mol. The molecule has 27 heavy (non-hydrogen) atoms. The van der Waals surface area contributed by atoms with Crippen molar-refractivity contribution in [1.82, 2.24) is 13.9 Å². The number of nitrogens with zero attached hydrogens (tertiary/aromatic N) is 2. The minimum Gasteiger partial charge on any atom is -0.337 e. The molecule has 1 heterocycles. The maximum absolute atomic E-state index is 12.7. The predicted octanol–water partition coefficient (Wildman–Crippen LogP) is 0.891. The molecule has 8 nitrogen and oxygen atoms in total. The number of likely N-dealkylation sites (tertiary alicyclic amines) is 1. The van der Waals surface area contributed by atoms with Crippen LogP contribution in [0.25, 0.3) is 0 Å². The van der Waals surface area contributed by atoms with Gasteiger partial charge in [-0.05, 0) is 43.5 Å². The van der Waals surface area contributed by atoms with Crippen molar-refractivity contribution in [2.24, 2.45) is 0 Å². The fourth-order valence-corrected chi connectivity index (χ4v) is 4.68. The van der Waals surface area contributed by atoms with Gasteiger partial charge in [-0.1, -0.05) is 11.6 Å². The van der Waals surface area contributed by atoms with Gasteiger partial charge in [0.25, 0.3) is 0 Å². The Morgan fingerprint density at radius 3 is 2.44 bits per heavy atom. The minimum atomic E-state index is -3.83. The average molecular weight is 438 g/mol. The van der Waals surface area contributed by atoms with Crippen LogP contribution in [0.5, 0.6) is 0 Å². The van der Waals surface area contributed by atoms with E-state index in [-0.39, 0.29) is 29.9 Å². The van der Waals surface area contributed by atoms with Gasteiger partial charge in [-0.25, -0.2) is 21.6 Å². The van der Waals surface area contributed by atoms with Gasteiger partial charge in [-0.2, -0.15) is 4.31 Å². The highest BCUT2D eigenvalue weighted by atomic mass is 35.5. The fourth-order valence-electron chi connectivity index (χ4n) is 2.94. The van der Waals surface area contributed by atoms with E-state index in [1.165, 1.54) is 31.3 Å². The highest BCUT2D eigenvalue weighted by Crippen LogP contribution is 2.20. The first-order valence-electron chi connectivity index (χ1n) is 8.47. The summed E-state index contributed by atoms with van der Waals surface area (Å²) in [6.07, 6.45) is 3.42. The number of rotatable bonds is 7. The molecule has 0 aromatic heterocycles. The van der Waals surface area contributed by atoms with E-state index in [9.17, 15) is 21.6 Å². The van der Waals surface area contributed by atoms with Gasteiger partial charge < -0.3 is 4.90 Å². The molecule has 1 amide bonds. The molecular formula is C16H24ClN3O5S2. The van der Waals surface area contributed by atoms with E-state index < -0.39 is 20.0 Å². The Hall–Kier alpha value is -1.20. The van der Waals surface area contributed by atoms with Crippen molar-refractivity contribution in [1.29, 1.82) is 0 Å². The van der Waals surface area contributed by atoms with E-state index >= 15 is 0 Å². The molecule has 0 aliphatic carbocycles. The maximum atomic E-state index is 12.7. The molecule has 1 N–H and O–H groups in total. The Morgan fingerprint density at radius 1 is 1.22 bits per heavy atom. The van der Waals surface area contributed by atoms with Crippen LogP contribution in [0.1, 0.15) is 19.3 Å². The maximum Gasteiger partial charge on any atom is 0.243 e. The molecule has 1 aliphatic heterocycles. The molecule has 0 saturated carbocycles. The number of likely N-dealkylation sites (N-methyl/N-ethyl adjacent to an activating group) is 1. The number of nitrogens with one attached hydrogen (secondary N) is 1. The molecule has 11 heteroatoms. The largest absolute Gasteiger partial charge is 0.337 e. The number of sulfonamides is 2. The second-order valence-electron chi connectivity index (χ2n) is 6.57. The van der Waals surface area contributed by atoms with Crippen LogP contribution in [0, 0.1) is 0 Å². The van der Waals surface area contributed by atoms with E-state index in [0.29, 0.717) is 18.0 Å². The van der Waals surface area contributed by atoms with Crippen LogP contribution < -0.4 is 4.72 Å². The Labute approximate surface area is 165 Å². The minimum absolute atomic E-state index is 0.0520. The molecule has 1 aliphatic rings. The van der Waals surface area contributed by atoms with Crippen LogP contribution in [-0.2, 0) is 24.8 Å². The molecule has 1 saturated heterocycles. The zero-order chi connectivity index (χ0) is 20.2. The summed E-state index contributed by atoms with van der Waals surface area (Å²) in [5.74, 6) is -0.352. The van der Waals surface area contributed by atoms with Crippen molar-refractivity contribution in [2.75, 3.05) is 32.9 Å². The molecule has 1 aromatic carbocycles. The van der Waals surface area contributed by atoms with E-state index in [2.05, 4.69) is 4.72 Å². The van der Waals surface area contributed by atoms with Gasteiger partial charge in [0, 0.05) is 31.2 Å². The van der Waals surface area contributed by atoms with Crippen LogP contribution in [0.4, 0.5) is 0 Å². The summed E-state index contributed by atoms with van der Waals surface area (Å²) >= 11 is 5.79. The van der Waals surface area contributed by atoms with Gasteiger partial charge in [0.1, 0.15) is 0 Å². The second-order valence-corrected chi connectivity index (χ2v) is 10.9. The fraction of sp³-hybridized carbons (Fsp3) is 0.562. The van der Waals surface area contributed by atoms with Crippen LogP contribution >= 0.6 is 11.6 Å². The lowest BCUT2D eigenvalue weighted by atomic mass is 10.0. The SMILES string of the molecule is CN(CC(=O)N1CCCCC1CNS(C)(=O)=O)S(=O)(=O)c1ccc(Cl)cc1. The summed E-state index contributed by atoms with van der Waals surface area (Å²) in [6, 6.07) is 5.44. The van der Waals surface area contributed by atoms with E-state index in [1.807, 2.05) is 0 Å². The number of carbonyl (C=O) groups is 1. The highest BCUT2D eigenvalue weighted by molar-refractivity contribution is 7.89. The van der Waals surface area contributed by atoms with Crippen LogP contribution in [0.15, 0.2) is 29.2 Å². The average Bonchev–Trinajstić information content (AvgIpc) is 2.59. The molecule has 1 atom stereocenters. The lowest BCUT2D eigenvalue weighted by molar-refractivity contribution is -0.134. The third-order valence-electron chi connectivity index (χ3n) is 4.41. The summed E-state index contributed by atoms with van der Waals surface area (Å²) in [5.41, 5.74) is 0. The standard InChI is InChI=1S/C16H24ClN3O5S2/c1-19(27(24,25)15-8-6-13(17)7-9-15)12-16(21)20-10-4-3-5-14(20)11-18-26(2,22)23/h6-9,14,18H,3-5,10-12H2,1-2H3. The smallest absolute Gasteiger partial charge is 0.243 e. The number of carbonyl (C=O) groups excluding carboxylic acids is 1. The molecule has 1 unspecified atom stereocenters. The molecule has 1 fully saturated rings. The number of hydrogen-bond acceptors (Lipinski definition) is 5. The zero-order valence-corrected chi connectivity index (χ0v) is 17.6. The van der Waals surface area contributed by atoms with Crippen LogP contribution in [0.3, 0.4) is 0 Å². The van der Waals surface area contributed by atoms with Crippen molar-refractivity contribution < 1.29 is 21.6 Å². The first kappa shape index (κ1) is 22.1. The summed E-state index contributed by atoms with van der Waals surface area (Å²) < 4.78 is 51.3. The number of hydrogen-bond donors (Lipinski definition) is 1. The highest BCUT2D eigenvalue weighted by Gasteiger charge is 2.30. The first-order chi connectivity index (χ1) is 12.5. The van der Waals surface area contributed by atoms with E-state index in [0.717, 1.165) is 23.4 Å². The Balaban J connectivity index is 2.07. The molecule has 152 valence electrons. The predicted molar refractivity (Wildman–Crippen MR) is 103 cm³/mol. The quantitative estimate of drug-likeness (QED) is 0.682. The van der Waals surface area contributed by atoms with Gasteiger partial charge in [0.05, 0.1) is 17.7 Å². The molecule has 2 rings (SSSR count). The van der Waals surface area contributed by atoms with Crippen molar-refractivity contribution in [3.63, 3.8) is 0 Å². The molecule has 1 aromatic rings. The van der Waals surface area contributed by atoms with Crippen molar-refractivity contribution in [3.05, 3.63) is 29.3 Å². The van der Waals surface area contributed by atoms with Crippen molar-refractivity contribution in [3.8, 4) is 0 Å². The third-order valence-corrected chi connectivity index (χ3v) is 7.17. The van der Waals surface area contributed by atoms with Gasteiger partial charge in [0.2, 0.25) is 26.0 Å². The summed E-state index contributed by atoms with van der Waals surface area (Å²) in [7, 11) is -5.85. The van der Waals surface area contributed by atoms with Gasteiger partial charge in [0.15, 0.2) is 0 Å². The van der Waals surface area contributed by atoms with E-state index in [4.69, 9.17) is 11.6 Å². The Morgan fingerprint density at radius 2 is 1.85 bits per heavy atom. The third kappa shape index (κ3) is 6.15. The summed E-state index contributed by atoms with van der Waals surface area (Å²) in [5, 5.41) is 0.419. The molecular weight excluding hydrogens is 414 g/mol. The van der Waals surface area contributed by atoms with Gasteiger partial charge >= 0.3 is 0 Å². The number of halogens is 1. The summed E-state index contributed by atoms with van der Waals surface area (Å²) in [4.78, 5) is 14.3. The van der Waals surface area contributed by atoms with Crippen molar-refractivity contribution in [2.45, 2.75) is 30.2 Å². The number of benzene rings is 1. The van der Waals surface area contributed by atoms with Gasteiger partial charge in [-0.15, -0.1) is 0 Å². The molecule has 0 spiro atoms.